The summed E-state index contributed by atoms with van der Waals surface area (Å²) in [5.74, 6) is -0.132. The van der Waals surface area contributed by atoms with Crippen LogP contribution in [0.1, 0.15) is 16.2 Å². The van der Waals surface area contributed by atoms with Gasteiger partial charge in [-0.1, -0.05) is 35.4 Å². The van der Waals surface area contributed by atoms with Crippen molar-refractivity contribution in [3.05, 3.63) is 64.9 Å². The van der Waals surface area contributed by atoms with Crippen molar-refractivity contribution in [1.82, 2.24) is 14.8 Å². The second-order valence-corrected chi connectivity index (χ2v) is 5.32. The van der Waals surface area contributed by atoms with Gasteiger partial charge in [0.1, 0.15) is 0 Å². The summed E-state index contributed by atoms with van der Waals surface area (Å²) >= 11 is 5.91. The van der Waals surface area contributed by atoms with Gasteiger partial charge in [0.25, 0.3) is 5.91 Å². The normalized spacial score (nSPS) is 10.6. The summed E-state index contributed by atoms with van der Waals surface area (Å²) in [5.41, 5.74) is 8.00. The van der Waals surface area contributed by atoms with Gasteiger partial charge < -0.3 is 5.73 Å². The Hall–Kier alpha value is -2.66. The zero-order chi connectivity index (χ0) is 15.7. The molecule has 22 heavy (non-hydrogen) atoms. The zero-order valence-electron chi connectivity index (χ0n) is 11.8. The van der Waals surface area contributed by atoms with Crippen LogP contribution < -0.4 is 5.73 Å². The SMILES string of the molecule is Cc1cccc(-c2nc(C(N)=O)nn2-c2ccc(Cl)cc2)c1. The van der Waals surface area contributed by atoms with E-state index in [1.54, 1.807) is 28.9 Å². The highest BCUT2D eigenvalue weighted by molar-refractivity contribution is 6.30. The molecule has 110 valence electrons. The van der Waals surface area contributed by atoms with Gasteiger partial charge >= 0.3 is 0 Å². The molecule has 3 aromatic rings. The molecule has 0 saturated heterocycles. The lowest BCUT2D eigenvalue weighted by Gasteiger charge is -2.06. The van der Waals surface area contributed by atoms with E-state index in [1.165, 1.54) is 0 Å². The van der Waals surface area contributed by atoms with Crippen molar-refractivity contribution in [3.63, 3.8) is 0 Å². The van der Waals surface area contributed by atoms with E-state index < -0.39 is 5.91 Å². The number of amides is 1. The highest BCUT2D eigenvalue weighted by atomic mass is 35.5. The van der Waals surface area contributed by atoms with Crippen LogP contribution in [0.2, 0.25) is 5.02 Å². The maximum absolute atomic E-state index is 11.4. The number of aromatic nitrogens is 3. The van der Waals surface area contributed by atoms with Gasteiger partial charge in [0.2, 0.25) is 5.82 Å². The van der Waals surface area contributed by atoms with Crippen molar-refractivity contribution in [2.24, 2.45) is 5.73 Å². The number of primary amides is 1. The highest BCUT2D eigenvalue weighted by Gasteiger charge is 2.16. The Balaban J connectivity index is 2.20. The Morgan fingerprint density at radius 2 is 1.91 bits per heavy atom. The lowest BCUT2D eigenvalue weighted by Crippen LogP contribution is -2.13. The van der Waals surface area contributed by atoms with E-state index in [0.717, 1.165) is 16.8 Å². The summed E-state index contributed by atoms with van der Waals surface area (Å²) in [6.07, 6.45) is 0. The molecule has 1 aromatic heterocycles. The third-order valence-corrected chi connectivity index (χ3v) is 3.43. The molecule has 0 aliphatic rings. The first kappa shape index (κ1) is 14.3. The summed E-state index contributed by atoms with van der Waals surface area (Å²) < 4.78 is 1.59. The Kier molecular flexibility index (Phi) is 3.65. The first-order chi connectivity index (χ1) is 10.5. The molecule has 1 heterocycles. The summed E-state index contributed by atoms with van der Waals surface area (Å²) in [6.45, 7) is 1.99. The van der Waals surface area contributed by atoms with E-state index in [0.29, 0.717) is 10.8 Å². The van der Waals surface area contributed by atoms with E-state index in [4.69, 9.17) is 17.3 Å². The summed E-state index contributed by atoms with van der Waals surface area (Å²) in [6, 6.07) is 14.9. The van der Waals surface area contributed by atoms with E-state index in [-0.39, 0.29) is 5.82 Å². The van der Waals surface area contributed by atoms with Gasteiger partial charge in [-0.2, -0.15) is 0 Å². The number of hydrogen-bond acceptors (Lipinski definition) is 3. The number of carbonyl (C=O) groups excluding carboxylic acids is 1. The molecule has 0 atom stereocenters. The monoisotopic (exact) mass is 312 g/mol. The topological polar surface area (TPSA) is 73.8 Å². The number of nitrogens with zero attached hydrogens (tertiary/aromatic N) is 3. The Bertz CT molecular complexity index is 840. The van der Waals surface area contributed by atoms with Crippen molar-refractivity contribution in [1.29, 1.82) is 0 Å². The molecule has 0 aliphatic heterocycles. The number of hydrogen-bond donors (Lipinski definition) is 1. The van der Waals surface area contributed by atoms with Crippen LogP contribution in [0.5, 0.6) is 0 Å². The third-order valence-electron chi connectivity index (χ3n) is 3.18. The fourth-order valence-corrected chi connectivity index (χ4v) is 2.28. The van der Waals surface area contributed by atoms with Crippen LogP contribution in [0.25, 0.3) is 17.1 Å². The van der Waals surface area contributed by atoms with Gasteiger partial charge in [-0.3, -0.25) is 4.79 Å². The van der Waals surface area contributed by atoms with E-state index in [2.05, 4.69) is 10.1 Å². The molecule has 0 bridgehead atoms. The number of halogens is 1. The Labute approximate surface area is 132 Å². The predicted molar refractivity (Wildman–Crippen MR) is 85.1 cm³/mol. The van der Waals surface area contributed by atoms with Gasteiger partial charge in [0.05, 0.1) is 5.69 Å². The van der Waals surface area contributed by atoms with Crippen molar-refractivity contribution in [3.8, 4) is 17.1 Å². The molecular weight excluding hydrogens is 300 g/mol. The van der Waals surface area contributed by atoms with E-state index in [1.807, 2.05) is 31.2 Å². The van der Waals surface area contributed by atoms with Crippen LogP contribution in [0.3, 0.4) is 0 Å². The number of carbonyl (C=O) groups is 1. The number of nitrogens with two attached hydrogens (primary N) is 1. The molecule has 5 nitrogen and oxygen atoms in total. The quantitative estimate of drug-likeness (QED) is 0.808. The average Bonchev–Trinajstić information content (AvgIpc) is 2.93. The maximum Gasteiger partial charge on any atom is 0.288 e. The van der Waals surface area contributed by atoms with Crippen molar-refractivity contribution in [2.75, 3.05) is 0 Å². The van der Waals surface area contributed by atoms with Crippen LogP contribution in [0.4, 0.5) is 0 Å². The second-order valence-electron chi connectivity index (χ2n) is 4.88. The third kappa shape index (κ3) is 2.71. The van der Waals surface area contributed by atoms with Gasteiger partial charge in [0, 0.05) is 10.6 Å². The minimum absolute atomic E-state index is 0.0218. The molecule has 0 saturated carbocycles. The van der Waals surface area contributed by atoms with Gasteiger partial charge in [-0.15, -0.1) is 5.10 Å². The van der Waals surface area contributed by atoms with Gasteiger partial charge in [-0.25, -0.2) is 9.67 Å². The molecule has 2 aromatic carbocycles. The van der Waals surface area contributed by atoms with Gasteiger partial charge in [-0.05, 0) is 37.3 Å². The Morgan fingerprint density at radius 1 is 1.18 bits per heavy atom. The predicted octanol–water partition coefficient (Wildman–Crippen LogP) is 3.00. The number of aryl methyl sites for hydroxylation is 1. The molecule has 0 unspecified atom stereocenters. The lowest BCUT2D eigenvalue weighted by atomic mass is 10.1. The standard InChI is InChI=1S/C16H13ClN4O/c1-10-3-2-4-11(9-10)16-19-15(14(18)22)20-21(16)13-7-5-12(17)6-8-13/h2-9H,1H3,(H2,18,22). The van der Waals surface area contributed by atoms with Crippen molar-refractivity contribution in [2.45, 2.75) is 6.92 Å². The highest BCUT2D eigenvalue weighted by Crippen LogP contribution is 2.23. The molecular formula is C16H13ClN4O. The molecule has 2 N–H and O–H groups in total. The first-order valence-electron chi connectivity index (χ1n) is 6.64. The fourth-order valence-electron chi connectivity index (χ4n) is 2.15. The average molecular weight is 313 g/mol. The smallest absolute Gasteiger partial charge is 0.288 e. The molecule has 1 amide bonds. The first-order valence-corrected chi connectivity index (χ1v) is 7.02. The van der Waals surface area contributed by atoms with Crippen molar-refractivity contribution < 1.29 is 4.79 Å². The minimum Gasteiger partial charge on any atom is -0.363 e. The summed E-state index contributed by atoms with van der Waals surface area (Å²) in [7, 11) is 0. The molecule has 3 rings (SSSR count). The summed E-state index contributed by atoms with van der Waals surface area (Å²) in [5, 5.41) is 4.82. The van der Waals surface area contributed by atoms with Gasteiger partial charge in [0.15, 0.2) is 5.82 Å². The molecule has 0 spiro atoms. The van der Waals surface area contributed by atoms with Crippen LogP contribution in [0, 0.1) is 6.92 Å². The second kappa shape index (κ2) is 5.61. The largest absolute Gasteiger partial charge is 0.363 e. The molecule has 0 radical (unpaired) electrons. The maximum atomic E-state index is 11.4. The van der Waals surface area contributed by atoms with Crippen LogP contribution >= 0.6 is 11.6 Å². The summed E-state index contributed by atoms with van der Waals surface area (Å²) in [4.78, 5) is 15.7. The Morgan fingerprint density at radius 3 is 2.55 bits per heavy atom. The van der Waals surface area contributed by atoms with Crippen LogP contribution in [0.15, 0.2) is 48.5 Å². The van der Waals surface area contributed by atoms with Crippen molar-refractivity contribution >= 4 is 17.5 Å². The van der Waals surface area contributed by atoms with E-state index in [9.17, 15) is 4.79 Å². The zero-order valence-corrected chi connectivity index (χ0v) is 12.6. The lowest BCUT2D eigenvalue weighted by molar-refractivity contribution is 0.0990. The number of benzene rings is 2. The molecule has 0 fully saturated rings. The molecule has 0 aliphatic carbocycles. The van der Waals surface area contributed by atoms with Crippen LogP contribution in [-0.4, -0.2) is 20.7 Å². The van der Waals surface area contributed by atoms with E-state index >= 15 is 0 Å². The number of rotatable bonds is 3. The van der Waals surface area contributed by atoms with Crippen LogP contribution in [-0.2, 0) is 0 Å². The fraction of sp³-hybridized carbons (Fsp3) is 0.0625. The minimum atomic E-state index is -0.665. The molecule has 6 heteroatoms.